The Kier molecular flexibility index (Phi) is 5.70. The van der Waals surface area contributed by atoms with Gasteiger partial charge in [0.25, 0.3) is 5.91 Å². The molecule has 0 spiro atoms. The van der Waals surface area contributed by atoms with Crippen LogP contribution in [0.2, 0.25) is 0 Å². The van der Waals surface area contributed by atoms with Crippen molar-refractivity contribution in [3.8, 4) is 11.5 Å². The molecule has 1 aliphatic heterocycles. The van der Waals surface area contributed by atoms with Crippen LogP contribution in [0.4, 0.5) is 11.6 Å². The molecule has 6 heteroatoms. The number of para-hydroxylation sites is 1. The van der Waals surface area contributed by atoms with Crippen molar-refractivity contribution in [2.45, 2.75) is 19.8 Å². The number of rotatable bonds is 5. The molecular formula is C23H24N4O2. The van der Waals surface area contributed by atoms with E-state index in [0.29, 0.717) is 17.4 Å². The summed E-state index contributed by atoms with van der Waals surface area (Å²) in [5, 5.41) is 3.15. The number of amides is 1. The molecule has 1 amide bonds. The van der Waals surface area contributed by atoms with E-state index >= 15 is 0 Å². The van der Waals surface area contributed by atoms with E-state index < -0.39 is 0 Å². The minimum Gasteiger partial charge on any atom is -0.457 e. The fourth-order valence-corrected chi connectivity index (χ4v) is 3.42. The van der Waals surface area contributed by atoms with Crippen molar-refractivity contribution in [3.63, 3.8) is 0 Å². The van der Waals surface area contributed by atoms with Crippen LogP contribution < -0.4 is 10.1 Å². The highest BCUT2D eigenvalue weighted by Gasteiger charge is 2.22. The maximum atomic E-state index is 12.6. The fraction of sp³-hybridized carbons (Fsp3) is 0.261. The van der Waals surface area contributed by atoms with Gasteiger partial charge in [-0.1, -0.05) is 25.1 Å². The van der Waals surface area contributed by atoms with Crippen LogP contribution in [0.25, 0.3) is 0 Å². The van der Waals surface area contributed by atoms with Gasteiger partial charge in [-0.2, -0.15) is 0 Å². The maximum absolute atomic E-state index is 12.6. The number of nitrogens with one attached hydrogen (secondary N) is 1. The first-order valence-corrected chi connectivity index (χ1v) is 9.89. The number of benzene rings is 2. The molecule has 2 heterocycles. The third kappa shape index (κ3) is 4.90. The minimum absolute atomic E-state index is 0.00511. The molecule has 0 aliphatic carbocycles. The van der Waals surface area contributed by atoms with Crippen LogP contribution in [0.3, 0.4) is 0 Å². The maximum Gasteiger partial charge on any atom is 0.257 e. The summed E-state index contributed by atoms with van der Waals surface area (Å²) in [6, 6.07) is 17.2. The molecule has 148 valence electrons. The molecule has 1 unspecified atom stereocenters. The van der Waals surface area contributed by atoms with Crippen molar-refractivity contribution in [1.82, 2.24) is 14.9 Å². The van der Waals surface area contributed by atoms with Crippen LogP contribution in [0.15, 0.2) is 67.0 Å². The number of hydrogen-bond donors (Lipinski definition) is 1. The molecule has 1 fully saturated rings. The molecule has 1 aromatic heterocycles. The fourth-order valence-electron chi connectivity index (χ4n) is 3.42. The lowest BCUT2D eigenvalue weighted by molar-refractivity contribution is 0.0682. The summed E-state index contributed by atoms with van der Waals surface area (Å²) >= 11 is 0. The van der Waals surface area contributed by atoms with E-state index in [-0.39, 0.29) is 5.91 Å². The van der Waals surface area contributed by atoms with Crippen molar-refractivity contribution >= 4 is 17.5 Å². The molecule has 0 radical (unpaired) electrons. The Hall–Kier alpha value is -3.41. The third-order valence-electron chi connectivity index (χ3n) is 4.93. The van der Waals surface area contributed by atoms with Gasteiger partial charge in [0.1, 0.15) is 11.5 Å². The molecule has 2 aromatic carbocycles. The second-order valence-electron chi connectivity index (χ2n) is 7.36. The van der Waals surface area contributed by atoms with Crippen molar-refractivity contribution in [2.75, 3.05) is 18.4 Å². The van der Waals surface area contributed by atoms with Gasteiger partial charge in [0.05, 0.1) is 5.56 Å². The lowest BCUT2D eigenvalue weighted by Crippen LogP contribution is -2.39. The lowest BCUT2D eigenvalue weighted by Gasteiger charge is -2.30. The first kappa shape index (κ1) is 18.9. The molecule has 1 N–H and O–H groups in total. The number of ether oxygens (including phenoxy) is 1. The summed E-state index contributed by atoms with van der Waals surface area (Å²) in [7, 11) is 0. The summed E-state index contributed by atoms with van der Waals surface area (Å²) in [6.45, 7) is 3.79. The highest BCUT2D eigenvalue weighted by molar-refractivity contribution is 5.93. The van der Waals surface area contributed by atoms with Gasteiger partial charge < -0.3 is 15.0 Å². The summed E-state index contributed by atoms with van der Waals surface area (Å²) in [6.07, 6.45) is 5.41. The van der Waals surface area contributed by atoms with Crippen molar-refractivity contribution in [2.24, 2.45) is 5.92 Å². The van der Waals surface area contributed by atoms with Gasteiger partial charge in [-0.05, 0) is 55.2 Å². The molecule has 1 atom stereocenters. The lowest BCUT2D eigenvalue weighted by atomic mass is 10.00. The Labute approximate surface area is 170 Å². The van der Waals surface area contributed by atoms with Gasteiger partial charge in [-0.3, -0.25) is 4.79 Å². The van der Waals surface area contributed by atoms with Crippen LogP contribution in [-0.2, 0) is 0 Å². The SMILES string of the molecule is CC1CCCN(C(=O)c2cnc(Nc3ccc(Oc4ccccc4)cc3)nc2)C1. The molecule has 3 aromatic rings. The normalized spacial score (nSPS) is 16.3. The summed E-state index contributed by atoms with van der Waals surface area (Å²) < 4.78 is 5.79. The Morgan fingerprint density at radius 1 is 1.03 bits per heavy atom. The number of hydrogen-bond acceptors (Lipinski definition) is 5. The average molecular weight is 388 g/mol. The zero-order valence-electron chi connectivity index (χ0n) is 16.4. The van der Waals surface area contributed by atoms with Gasteiger partial charge >= 0.3 is 0 Å². The molecular weight excluding hydrogens is 364 g/mol. The van der Waals surface area contributed by atoms with Crippen LogP contribution in [0.5, 0.6) is 11.5 Å². The molecule has 1 saturated heterocycles. The summed E-state index contributed by atoms with van der Waals surface area (Å²) in [4.78, 5) is 23.1. The Morgan fingerprint density at radius 2 is 1.72 bits per heavy atom. The van der Waals surface area contributed by atoms with E-state index in [0.717, 1.165) is 36.7 Å². The van der Waals surface area contributed by atoms with Crippen LogP contribution in [0, 0.1) is 5.92 Å². The van der Waals surface area contributed by atoms with Crippen LogP contribution in [0.1, 0.15) is 30.1 Å². The number of nitrogens with zero attached hydrogens (tertiary/aromatic N) is 3. The average Bonchev–Trinajstić information content (AvgIpc) is 2.76. The Morgan fingerprint density at radius 3 is 2.41 bits per heavy atom. The zero-order chi connectivity index (χ0) is 20.1. The quantitative estimate of drug-likeness (QED) is 0.674. The minimum atomic E-state index is 0.00511. The number of carbonyl (C=O) groups is 1. The smallest absolute Gasteiger partial charge is 0.257 e. The highest BCUT2D eigenvalue weighted by Crippen LogP contribution is 2.24. The van der Waals surface area contributed by atoms with Gasteiger partial charge in [-0.25, -0.2) is 9.97 Å². The first-order valence-electron chi connectivity index (χ1n) is 9.89. The second kappa shape index (κ2) is 8.73. The van der Waals surface area contributed by atoms with Gasteiger partial charge in [-0.15, -0.1) is 0 Å². The van der Waals surface area contributed by atoms with E-state index in [9.17, 15) is 4.79 Å². The molecule has 4 rings (SSSR count). The van der Waals surface area contributed by atoms with Gasteiger partial charge in [0, 0.05) is 31.2 Å². The van der Waals surface area contributed by atoms with Crippen molar-refractivity contribution in [3.05, 3.63) is 72.6 Å². The van der Waals surface area contributed by atoms with E-state index in [1.807, 2.05) is 59.5 Å². The molecule has 1 aliphatic rings. The van der Waals surface area contributed by atoms with Gasteiger partial charge in [0.15, 0.2) is 0 Å². The van der Waals surface area contributed by atoms with E-state index in [4.69, 9.17) is 4.74 Å². The van der Waals surface area contributed by atoms with E-state index in [1.54, 1.807) is 12.4 Å². The first-order chi connectivity index (χ1) is 14.2. The highest BCUT2D eigenvalue weighted by atomic mass is 16.5. The predicted molar refractivity (Wildman–Crippen MR) is 113 cm³/mol. The molecule has 6 nitrogen and oxygen atoms in total. The van der Waals surface area contributed by atoms with Crippen LogP contribution in [-0.4, -0.2) is 33.9 Å². The van der Waals surface area contributed by atoms with Gasteiger partial charge in [0.2, 0.25) is 5.95 Å². The Balaban J connectivity index is 1.36. The predicted octanol–water partition coefficient (Wildman–Crippen LogP) is 4.88. The number of aromatic nitrogens is 2. The van der Waals surface area contributed by atoms with E-state index in [1.165, 1.54) is 6.42 Å². The second-order valence-corrected chi connectivity index (χ2v) is 7.36. The largest absolute Gasteiger partial charge is 0.457 e. The topological polar surface area (TPSA) is 67.4 Å². The molecule has 0 saturated carbocycles. The number of carbonyl (C=O) groups excluding carboxylic acids is 1. The molecule has 0 bridgehead atoms. The summed E-state index contributed by atoms with van der Waals surface area (Å²) in [5.74, 6) is 2.54. The van der Waals surface area contributed by atoms with E-state index in [2.05, 4.69) is 22.2 Å². The number of anilines is 2. The van der Waals surface area contributed by atoms with Crippen molar-refractivity contribution in [1.29, 1.82) is 0 Å². The van der Waals surface area contributed by atoms with Crippen molar-refractivity contribution < 1.29 is 9.53 Å². The zero-order valence-corrected chi connectivity index (χ0v) is 16.4. The summed E-state index contributed by atoms with van der Waals surface area (Å²) in [5.41, 5.74) is 1.37. The third-order valence-corrected chi connectivity index (χ3v) is 4.93. The van der Waals surface area contributed by atoms with Crippen LogP contribution >= 0.6 is 0 Å². The Bertz CT molecular complexity index is 943. The standard InChI is InChI=1S/C23H24N4O2/c1-17-6-5-13-27(16-17)22(28)18-14-24-23(25-15-18)26-19-9-11-21(12-10-19)29-20-7-3-2-4-8-20/h2-4,7-12,14-15,17H,5-6,13,16H2,1H3,(H,24,25,26). The number of piperidine rings is 1. The monoisotopic (exact) mass is 388 g/mol. The molecule has 29 heavy (non-hydrogen) atoms. The number of likely N-dealkylation sites (tertiary alicyclic amines) is 1.